The topological polar surface area (TPSA) is 169 Å². The number of carbonyl (C=O) groups excluding carboxylic acids is 5. The number of fused-ring (bicyclic) bond motifs is 3. The summed E-state index contributed by atoms with van der Waals surface area (Å²) in [6, 6.07) is 6.10. The van der Waals surface area contributed by atoms with E-state index in [-0.39, 0.29) is 44.2 Å². The lowest BCUT2D eigenvalue weighted by molar-refractivity contribution is -0.157. The first-order chi connectivity index (χ1) is 23.3. The van der Waals surface area contributed by atoms with Crippen LogP contribution in [0.4, 0.5) is 0 Å². The fourth-order valence-electron chi connectivity index (χ4n) is 7.64. The van der Waals surface area contributed by atoms with Crippen molar-refractivity contribution in [3.63, 3.8) is 0 Å². The van der Waals surface area contributed by atoms with Crippen LogP contribution in [0.5, 0.6) is 5.88 Å². The number of aryl methyl sites for hydroxylation is 1. The lowest BCUT2D eigenvalue weighted by Gasteiger charge is -2.29. The molecule has 5 fully saturated rings. The van der Waals surface area contributed by atoms with E-state index < -0.39 is 74.3 Å². The van der Waals surface area contributed by atoms with Crippen LogP contribution in [0, 0.1) is 24.2 Å². The Labute approximate surface area is 284 Å². The molecule has 260 valence electrons. The molecule has 1 aromatic heterocycles. The van der Waals surface area contributed by atoms with Gasteiger partial charge < -0.3 is 19.3 Å². The second-order valence-electron chi connectivity index (χ2n) is 14.3. The predicted molar refractivity (Wildman–Crippen MR) is 175 cm³/mol. The van der Waals surface area contributed by atoms with Crippen LogP contribution in [0.2, 0.25) is 0 Å². The Hall–Kier alpha value is -4.33. The average Bonchev–Trinajstić information content (AvgIpc) is 3.91. The fraction of sp³-hybridized carbons (Fsp3) is 0.543. The van der Waals surface area contributed by atoms with Gasteiger partial charge in [-0.1, -0.05) is 30.7 Å². The van der Waals surface area contributed by atoms with E-state index in [1.165, 1.54) is 9.80 Å². The van der Waals surface area contributed by atoms with Crippen LogP contribution < -0.4 is 9.46 Å². The zero-order chi connectivity index (χ0) is 34.8. The van der Waals surface area contributed by atoms with Crippen LogP contribution >= 0.6 is 0 Å². The number of ketones is 1. The molecular formula is C35H40N4O9S. The predicted octanol–water partition coefficient (Wildman–Crippen LogP) is 2.20. The van der Waals surface area contributed by atoms with Crippen molar-refractivity contribution in [2.45, 2.75) is 88.3 Å². The summed E-state index contributed by atoms with van der Waals surface area (Å²) in [5, 5.41) is 1.09. The Kier molecular flexibility index (Phi) is 8.27. The molecule has 5 aliphatic rings. The van der Waals surface area contributed by atoms with Gasteiger partial charge in [0.25, 0.3) is 0 Å². The van der Waals surface area contributed by atoms with Crippen LogP contribution in [0.3, 0.4) is 0 Å². The van der Waals surface area contributed by atoms with Crippen molar-refractivity contribution in [1.82, 2.24) is 19.5 Å². The van der Waals surface area contributed by atoms with Crippen molar-refractivity contribution in [3.8, 4) is 5.88 Å². The molecule has 13 nitrogen and oxygen atoms in total. The van der Waals surface area contributed by atoms with Crippen molar-refractivity contribution in [2.24, 2.45) is 17.3 Å². The zero-order valence-corrected chi connectivity index (χ0v) is 28.3. The molecule has 3 aliphatic heterocycles. The van der Waals surface area contributed by atoms with E-state index in [9.17, 15) is 32.4 Å². The Bertz CT molecular complexity index is 1880. The molecule has 49 heavy (non-hydrogen) atoms. The van der Waals surface area contributed by atoms with E-state index in [1.807, 2.05) is 31.2 Å². The first kappa shape index (κ1) is 33.2. The molecule has 2 aliphatic carbocycles. The minimum Gasteiger partial charge on any atom is -0.472 e. The Balaban J connectivity index is 1.11. The molecule has 2 saturated carbocycles. The summed E-state index contributed by atoms with van der Waals surface area (Å²) in [4.78, 5) is 74.3. The van der Waals surface area contributed by atoms with Gasteiger partial charge in [-0.25, -0.2) is 18.2 Å². The number of rotatable bonds is 12. The van der Waals surface area contributed by atoms with Gasteiger partial charge in [0.05, 0.1) is 29.8 Å². The number of sulfonamides is 1. The minimum absolute atomic E-state index is 0.0403. The Morgan fingerprint density at radius 3 is 2.61 bits per heavy atom. The van der Waals surface area contributed by atoms with Gasteiger partial charge >= 0.3 is 5.97 Å². The number of ether oxygens (including phenoxy) is 2. The summed E-state index contributed by atoms with van der Waals surface area (Å²) < 4.78 is 39.0. The maximum absolute atomic E-state index is 14.2. The summed E-state index contributed by atoms with van der Waals surface area (Å²) in [6.45, 7) is 7.71. The molecule has 3 saturated heterocycles. The van der Waals surface area contributed by atoms with E-state index in [0.717, 1.165) is 16.3 Å². The van der Waals surface area contributed by atoms with Crippen LogP contribution in [0.25, 0.3) is 10.8 Å². The molecule has 3 amide bonds. The van der Waals surface area contributed by atoms with Gasteiger partial charge in [-0.3, -0.25) is 23.9 Å². The molecule has 4 heterocycles. The number of morpholine rings is 1. The second kappa shape index (κ2) is 12.2. The highest BCUT2D eigenvalue weighted by Gasteiger charge is 2.61. The van der Waals surface area contributed by atoms with Crippen LogP contribution in [-0.4, -0.2) is 95.3 Å². The smallest absolute Gasteiger partial charge is 0.329 e. The number of allylic oxidation sites excluding steroid dienone is 1. The molecule has 0 radical (unpaired) electrons. The highest BCUT2D eigenvalue weighted by molar-refractivity contribution is 7.90. The molecule has 7 atom stereocenters. The summed E-state index contributed by atoms with van der Waals surface area (Å²) in [5.74, 6) is -3.20. The molecule has 7 rings (SSSR count). The standard InChI is InChI=1S/C35H40N4O9S/c1-4-22-15-35(22,34(44)37-49(45,46)25-6-7-25)16-29(40)27-13-23(47-31-26-8-5-19(2)11-21(26)9-10-36-31)18-39(27)32(42)20(3)12-30(41)38-17-24-14-28(38)33(43)48-24/h4-5,8-11,20,22-25,27-28H,1,6-7,12-18H2,2-3H3,(H,37,44)/t20-,22+,23?,24+,27?,28+,35+/m0/s1. The Morgan fingerprint density at radius 1 is 1.16 bits per heavy atom. The van der Waals surface area contributed by atoms with Crippen LogP contribution in [0.1, 0.15) is 57.4 Å². The van der Waals surface area contributed by atoms with E-state index in [0.29, 0.717) is 31.7 Å². The summed E-state index contributed by atoms with van der Waals surface area (Å²) in [6.07, 6.45) is 3.58. The molecule has 0 spiro atoms. The largest absolute Gasteiger partial charge is 0.472 e. The molecule has 1 aromatic carbocycles. The second-order valence-corrected chi connectivity index (χ2v) is 16.3. The number of nitrogens with zero attached hydrogens (tertiary/aromatic N) is 3. The number of Topliss-reactive ketones (excluding diaryl/α,β-unsaturated/α-hetero) is 1. The number of amides is 3. The molecule has 2 bridgehead atoms. The van der Waals surface area contributed by atoms with Crippen LogP contribution in [0.15, 0.2) is 43.1 Å². The number of hydrogen-bond donors (Lipinski definition) is 1. The van der Waals surface area contributed by atoms with E-state index in [4.69, 9.17) is 9.47 Å². The van der Waals surface area contributed by atoms with Gasteiger partial charge in [0.1, 0.15) is 18.2 Å². The van der Waals surface area contributed by atoms with Gasteiger partial charge in [0.15, 0.2) is 5.78 Å². The number of benzene rings is 1. The van der Waals surface area contributed by atoms with Gasteiger partial charge in [-0.15, -0.1) is 6.58 Å². The highest BCUT2D eigenvalue weighted by atomic mass is 32.2. The Morgan fingerprint density at radius 2 is 1.94 bits per heavy atom. The van der Waals surface area contributed by atoms with E-state index in [1.54, 1.807) is 19.2 Å². The molecule has 1 N–H and O–H groups in total. The number of carbonyl (C=O) groups is 5. The third kappa shape index (κ3) is 6.19. The molecule has 14 heteroatoms. The van der Waals surface area contributed by atoms with Gasteiger partial charge in [-0.05, 0) is 49.6 Å². The lowest BCUT2D eigenvalue weighted by atomic mass is 9.91. The normalized spacial score (nSPS) is 29.4. The zero-order valence-electron chi connectivity index (χ0n) is 27.5. The minimum atomic E-state index is -3.84. The van der Waals surface area contributed by atoms with E-state index in [2.05, 4.69) is 16.3 Å². The van der Waals surface area contributed by atoms with Crippen LogP contribution in [-0.2, 0) is 38.7 Å². The summed E-state index contributed by atoms with van der Waals surface area (Å²) in [7, 11) is -3.84. The van der Waals surface area contributed by atoms with Gasteiger partial charge in [0, 0.05) is 43.2 Å². The van der Waals surface area contributed by atoms with Crippen molar-refractivity contribution >= 4 is 50.3 Å². The summed E-state index contributed by atoms with van der Waals surface area (Å²) in [5.41, 5.74) is -0.217. The third-order valence-electron chi connectivity index (χ3n) is 10.7. The third-order valence-corrected chi connectivity index (χ3v) is 12.5. The molecule has 2 aromatic rings. The number of hydrogen-bond acceptors (Lipinski definition) is 10. The number of pyridine rings is 1. The highest BCUT2D eigenvalue weighted by Crippen LogP contribution is 2.57. The monoisotopic (exact) mass is 692 g/mol. The quantitative estimate of drug-likeness (QED) is 0.257. The number of nitrogens with one attached hydrogen (secondary N) is 1. The van der Waals surface area contributed by atoms with Crippen molar-refractivity contribution in [1.29, 1.82) is 0 Å². The molecular weight excluding hydrogens is 652 g/mol. The summed E-state index contributed by atoms with van der Waals surface area (Å²) >= 11 is 0. The van der Waals surface area contributed by atoms with Gasteiger partial charge in [-0.2, -0.15) is 0 Å². The maximum atomic E-state index is 14.2. The SMILES string of the molecule is C=C[C@@H]1C[C@]1(CC(=O)C1CC(Oc2nccc3cc(C)ccc23)CN1C(=O)[C@@H](C)CC(=O)N1C[C@H]2C[C@@H]1C(=O)O2)C(=O)NS(=O)(=O)C1CC1. The van der Waals surface area contributed by atoms with E-state index >= 15 is 0 Å². The number of esters is 1. The average molecular weight is 693 g/mol. The van der Waals surface area contributed by atoms with Crippen molar-refractivity contribution in [3.05, 3.63) is 48.7 Å². The first-order valence-electron chi connectivity index (χ1n) is 16.8. The van der Waals surface area contributed by atoms with Crippen molar-refractivity contribution < 1.29 is 41.9 Å². The number of likely N-dealkylation sites (tertiary alicyclic amines) is 2. The van der Waals surface area contributed by atoms with Crippen molar-refractivity contribution in [2.75, 3.05) is 13.1 Å². The fourth-order valence-corrected chi connectivity index (χ4v) is 9.02. The van der Waals surface area contributed by atoms with Gasteiger partial charge in [0.2, 0.25) is 33.6 Å². The maximum Gasteiger partial charge on any atom is 0.329 e. The first-order valence-corrected chi connectivity index (χ1v) is 18.4. The molecule has 2 unspecified atom stereocenters. The number of aromatic nitrogens is 1. The lowest BCUT2D eigenvalue weighted by Crippen LogP contribution is -2.48.